The Bertz CT molecular complexity index is 421. The number of hydrogen-bond acceptors (Lipinski definition) is 1. The van der Waals surface area contributed by atoms with E-state index in [9.17, 15) is 4.79 Å². The van der Waals surface area contributed by atoms with E-state index in [2.05, 4.69) is 36.7 Å². The first kappa shape index (κ1) is 14.2. The maximum atomic E-state index is 12.3. The Labute approximate surface area is 112 Å². The Morgan fingerprint density at radius 3 is 2.47 bits per heavy atom. The fourth-order valence-electron chi connectivity index (χ4n) is 1.83. The van der Waals surface area contributed by atoms with Gasteiger partial charge in [0.15, 0.2) is 0 Å². The highest BCUT2D eigenvalue weighted by Gasteiger charge is 2.20. The molecule has 0 unspecified atom stereocenters. The monoisotopic (exact) mass is 297 g/mol. The van der Waals surface area contributed by atoms with Gasteiger partial charge in [0.1, 0.15) is 0 Å². The minimum atomic E-state index is 0.0822. The van der Waals surface area contributed by atoms with E-state index in [0.29, 0.717) is 0 Å². The highest BCUT2D eigenvalue weighted by Crippen LogP contribution is 2.22. The molecule has 0 aliphatic rings. The quantitative estimate of drug-likeness (QED) is 0.811. The van der Waals surface area contributed by atoms with Crippen LogP contribution in [0, 0.1) is 12.3 Å². The maximum absolute atomic E-state index is 12.3. The summed E-state index contributed by atoms with van der Waals surface area (Å²) in [6.45, 7) is 9.10. The van der Waals surface area contributed by atoms with Crippen molar-refractivity contribution in [2.24, 2.45) is 5.41 Å². The van der Waals surface area contributed by atoms with Crippen LogP contribution in [0.25, 0.3) is 0 Å². The molecule has 0 aliphatic heterocycles. The Balaban J connectivity index is 2.93. The van der Waals surface area contributed by atoms with Crippen LogP contribution in [0.15, 0.2) is 22.7 Å². The van der Waals surface area contributed by atoms with Gasteiger partial charge in [0, 0.05) is 23.6 Å². The third kappa shape index (κ3) is 3.84. The van der Waals surface area contributed by atoms with E-state index in [1.807, 2.05) is 32.2 Å². The average molecular weight is 298 g/mol. The normalized spacial score (nSPS) is 11.4. The molecular weight excluding hydrogens is 278 g/mol. The zero-order chi connectivity index (χ0) is 13.2. The fourth-order valence-corrected chi connectivity index (χ4v) is 2.19. The molecule has 1 amide bonds. The number of nitrogens with zero attached hydrogens (tertiary/aromatic N) is 1. The molecule has 1 aromatic carbocycles. The largest absolute Gasteiger partial charge is 0.341 e. The molecule has 0 atom stereocenters. The third-order valence-electron chi connectivity index (χ3n) is 2.56. The molecule has 0 saturated heterocycles. The summed E-state index contributed by atoms with van der Waals surface area (Å²) in [7, 11) is 1.86. The lowest BCUT2D eigenvalue weighted by Crippen LogP contribution is -2.34. The van der Waals surface area contributed by atoms with Crippen LogP contribution in [0.1, 0.15) is 36.7 Å². The second kappa shape index (κ2) is 5.21. The zero-order valence-electron chi connectivity index (χ0n) is 11.2. The summed E-state index contributed by atoms with van der Waals surface area (Å²) in [5.41, 5.74) is 1.88. The molecule has 0 aliphatic carbocycles. The summed E-state index contributed by atoms with van der Waals surface area (Å²) in [5.74, 6) is 0.0822. The van der Waals surface area contributed by atoms with E-state index in [1.165, 1.54) is 0 Å². The molecule has 0 aromatic heterocycles. The number of carbonyl (C=O) groups is 1. The van der Waals surface area contributed by atoms with E-state index >= 15 is 0 Å². The van der Waals surface area contributed by atoms with Gasteiger partial charge in [-0.15, -0.1) is 0 Å². The molecule has 2 nitrogen and oxygen atoms in total. The summed E-state index contributed by atoms with van der Waals surface area (Å²) in [6.07, 6.45) is 0. The lowest BCUT2D eigenvalue weighted by Gasteiger charge is -2.27. The summed E-state index contributed by atoms with van der Waals surface area (Å²) in [6, 6.07) is 5.73. The van der Waals surface area contributed by atoms with Gasteiger partial charge in [0.05, 0.1) is 0 Å². The summed E-state index contributed by atoms with van der Waals surface area (Å²) >= 11 is 3.45. The van der Waals surface area contributed by atoms with Crippen LogP contribution in [-0.4, -0.2) is 24.4 Å². The van der Waals surface area contributed by atoms with E-state index < -0.39 is 0 Å². The van der Waals surface area contributed by atoms with Crippen molar-refractivity contribution in [3.8, 4) is 0 Å². The van der Waals surface area contributed by atoms with Crippen molar-refractivity contribution in [1.82, 2.24) is 4.90 Å². The SMILES string of the molecule is Cc1c(Br)cccc1C(=O)N(C)CC(C)(C)C. The first-order chi connectivity index (χ1) is 7.72. The predicted molar refractivity (Wildman–Crippen MR) is 75.3 cm³/mol. The molecule has 17 heavy (non-hydrogen) atoms. The van der Waals surface area contributed by atoms with Gasteiger partial charge in [-0.3, -0.25) is 4.79 Å². The molecule has 0 spiro atoms. The van der Waals surface area contributed by atoms with Gasteiger partial charge in [-0.05, 0) is 30.0 Å². The molecule has 1 rings (SSSR count). The van der Waals surface area contributed by atoms with Gasteiger partial charge in [-0.25, -0.2) is 0 Å². The van der Waals surface area contributed by atoms with Gasteiger partial charge in [0.2, 0.25) is 0 Å². The fraction of sp³-hybridized carbons (Fsp3) is 0.500. The van der Waals surface area contributed by atoms with Gasteiger partial charge in [-0.1, -0.05) is 42.8 Å². The Morgan fingerprint density at radius 1 is 1.35 bits per heavy atom. The average Bonchev–Trinajstić information content (AvgIpc) is 2.18. The molecule has 3 heteroatoms. The molecule has 0 saturated carbocycles. The van der Waals surface area contributed by atoms with Crippen molar-refractivity contribution in [2.45, 2.75) is 27.7 Å². The molecule has 0 radical (unpaired) electrons. The third-order valence-corrected chi connectivity index (χ3v) is 3.42. The van der Waals surface area contributed by atoms with E-state index in [0.717, 1.165) is 22.1 Å². The maximum Gasteiger partial charge on any atom is 0.253 e. The summed E-state index contributed by atoms with van der Waals surface area (Å²) in [4.78, 5) is 14.1. The molecular formula is C14H20BrNO. The Hall–Kier alpha value is -0.830. The van der Waals surface area contributed by atoms with E-state index in [4.69, 9.17) is 0 Å². The first-order valence-electron chi connectivity index (χ1n) is 5.73. The highest BCUT2D eigenvalue weighted by atomic mass is 79.9. The van der Waals surface area contributed by atoms with Gasteiger partial charge >= 0.3 is 0 Å². The van der Waals surface area contributed by atoms with Gasteiger partial charge in [0.25, 0.3) is 5.91 Å². The van der Waals surface area contributed by atoms with Crippen LogP contribution >= 0.6 is 15.9 Å². The van der Waals surface area contributed by atoms with E-state index in [-0.39, 0.29) is 11.3 Å². The van der Waals surface area contributed by atoms with E-state index in [1.54, 1.807) is 4.90 Å². The minimum Gasteiger partial charge on any atom is -0.341 e. The van der Waals surface area contributed by atoms with Crippen molar-refractivity contribution in [1.29, 1.82) is 0 Å². The van der Waals surface area contributed by atoms with Crippen molar-refractivity contribution < 1.29 is 4.79 Å². The molecule has 1 aromatic rings. The minimum absolute atomic E-state index is 0.0822. The lowest BCUT2D eigenvalue weighted by atomic mass is 9.96. The number of amides is 1. The number of hydrogen-bond donors (Lipinski definition) is 0. The zero-order valence-corrected chi connectivity index (χ0v) is 12.8. The van der Waals surface area contributed by atoms with Crippen LogP contribution in [-0.2, 0) is 0 Å². The number of carbonyl (C=O) groups excluding carboxylic acids is 1. The van der Waals surface area contributed by atoms with Crippen LogP contribution in [0.3, 0.4) is 0 Å². The molecule has 0 bridgehead atoms. The van der Waals surface area contributed by atoms with Crippen LogP contribution in [0.2, 0.25) is 0 Å². The summed E-state index contributed by atoms with van der Waals surface area (Å²) < 4.78 is 0.979. The van der Waals surface area contributed by atoms with Gasteiger partial charge < -0.3 is 4.90 Å². The predicted octanol–water partition coefficient (Wildman–Crippen LogP) is 3.88. The molecule has 94 valence electrons. The smallest absolute Gasteiger partial charge is 0.253 e. The number of benzene rings is 1. The molecule has 0 fully saturated rings. The second-order valence-corrected chi connectivity index (χ2v) is 6.49. The molecule has 0 N–H and O–H groups in total. The van der Waals surface area contributed by atoms with Gasteiger partial charge in [-0.2, -0.15) is 0 Å². The van der Waals surface area contributed by atoms with Crippen molar-refractivity contribution in [3.05, 3.63) is 33.8 Å². The highest BCUT2D eigenvalue weighted by molar-refractivity contribution is 9.10. The summed E-state index contributed by atoms with van der Waals surface area (Å²) in [5, 5.41) is 0. The Kier molecular flexibility index (Phi) is 4.36. The van der Waals surface area contributed by atoms with Crippen molar-refractivity contribution >= 4 is 21.8 Å². The topological polar surface area (TPSA) is 20.3 Å². The van der Waals surface area contributed by atoms with Crippen molar-refractivity contribution in [2.75, 3.05) is 13.6 Å². The van der Waals surface area contributed by atoms with Crippen LogP contribution in [0.5, 0.6) is 0 Å². The van der Waals surface area contributed by atoms with Crippen LogP contribution in [0.4, 0.5) is 0 Å². The van der Waals surface area contributed by atoms with Crippen molar-refractivity contribution in [3.63, 3.8) is 0 Å². The number of rotatable bonds is 2. The first-order valence-corrected chi connectivity index (χ1v) is 6.52. The number of halogens is 1. The Morgan fingerprint density at radius 2 is 1.94 bits per heavy atom. The second-order valence-electron chi connectivity index (χ2n) is 5.63. The molecule has 0 heterocycles. The van der Waals surface area contributed by atoms with Crippen LogP contribution < -0.4 is 0 Å². The lowest BCUT2D eigenvalue weighted by molar-refractivity contribution is 0.0745. The standard InChI is InChI=1S/C14H20BrNO/c1-10-11(7-6-8-12(10)15)13(17)16(5)9-14(2,3)4/h6-8H,9H2,1-5H3.